The third-order valence-corrected chi connectivity index (χ3v) is 3.08. The summed E-state index contributed by atoms with van der Waals surface area (Å²) in [7, 11) is 0. The number of hydrogen-bond donors (Lipinski definition) is 1. The van der Waals surface area contributed by atoms with Crippen molar-refractivity contribution >= 4 is 0 Å². The summed E-state index contributed by atoms with van der Waals surface area (Å²) in [6.07, 6.45) is 5.65. The van der Waals surface area contributed by atoms with Crippen molar-refractivity contribution in [3.63, 3.8) is 0 Å². The maximum absolute atomic E-state index is 13.1. The number of allylic oxidation sites excluding steroid dienone is 3. The molecule has 2 rings (SSSR count). The molecule has 1 aliphatic heterocycles. The molecule has 0 aromatic heterocycles. The lowest BCUT2D eigenvalue weighted by atomic mass is 9.91. The number of hydrogen-bond acceptors (Lipinski definition) is 2. The van der Waals surface area contributed by atoms with E-state index in [2.05, 4.69) is 0 Å². The second-order valence-electron chi connectivity index (χ2n) is 4.20. The van der Waals surface area contributed by atoms with Gasteiger partial charge in [0.25, 0.3) is 0 Å². The molecule has 0 saturated carbocycles. The van der Waals surface area contributed by atoms with Crippen LogP contribution >= 0.6 is 0 Å². The molecule has 0 fully saturated rings. The van der Waals surface area contributed by atoms with Gasteiger partial charge in [0.05, 0.1) is 6.61 Å². The van der Waals surface area contributed by atoms with Gasteiger partial charge in [-0.05, 0) is 24.5 Å². The minimum Gasteiger partial charge on any atom is -0.497 e. The topological polar surface area (TPSA) is 29.5 Å². The largest absolute Gasteiger partial charge is 0.497 e. The molecular weight excluding hydrogens is 195 g/mol. The van der Waals surface area contributed by atoms with E-state index in [1.54, 1.807) is 6.08 Å². The van der Waals surface area contributed by atoms with Crippen LogP contribution in [-0.4, -0.2) is 18.3 Å². The molecule has 0 amide bonds. The van der Waals surface area contributed by atoms with Gasteiger partial charge in [-0.1, -0.05) is 6.42 Å². The summed E-state index contributed by atoms with van der Waals surface area (Å²) < 4.78 is 18.7. The molecule has 1 unspecified atom stereocenters. The van der Waals surface area contributed by atoms with E-state index in [1.807, 2.05) is 0 Å². The fraction of sp³-hybridized carbons (Fsp3) is 0.667. The standard InChI is InChI=1S/C12H17FO2/c13-10-4-5-12-11(7-10)9(8-15-12)3-1-2-6-14/h7,9,14H,1-6,8H2. The minimum absolute atomic E-state index is 0.0218. The van der Waals surface area contributed by atoms with Crippen molar-refractivity contribution in [2.75, 3.05) is 13.2 Å². The summed E-state index contributed by atoms with van der Waals surface area (Å²) in [5.41, 5.74) is 1.07. The first-order chi connectivity index (χ1) is 7.31. The van der Waals surface area contributed by atoms with Crippen molar-refractivity contribution in [2.24, 2.45) is 5.92 Å². The van der Waals surface area contributed by atoms with Gasteiger partial charge in [-0.15, -0.1) is 0 Å². The van der Waals surface area contributed by atoms with Crippen LogP contribution in [0.15, 0.2) is 23.2 Å². The summed E-state index contributed by atoms with van der Waals surface area (Å²) in [5, 5.41) is 8.70. The molecule has 0 radical (unpaired) electrons. The lowest BCUT2D eigenvalue weighted by Crippen LogP contribution is -2.04. The third-order valence-electron chi connectivity index (χ3n) is 3.08. The number of halogens is 1. The van der Waals surface area contributed by atoms with E-state index in [4.69, 9.17) is 9.84 Å². The molecule has 1 atom stereocenters. The molecule has 1 heterocycles. The molecule has 3 heteroatoms. The van der Waals surface area contributed by atoms with Gasteiger partial charge >= 0.3 is 0 Å². The van der Waals surface area contributed by atoms with Gasteiger partial charge in [-0.25, -0.2) is 4.39 Å². The van der Waals surface area contributed by atoms with Crippen LogP contribution in [-0.2, 0) is 4.74 Å². The maximum atomic E-state index is 13.1. The third kappa shape index (κ3) is 2.40. The Balaban J connectivity index is 1.95. The number of rotatable bonds is 4. The number of aliphatic hydroxyl groups excluding tert-OH is 1. The van der Waals surface area contributed by atoms with Crippen LogP contribution in [0.4, 0.5) is 4.39 Å². The van der Waals surface area contributed by atoms with Crippen LogP contribution in [0, 0.1) is 5.92 Å². The summed E-state index contributed by atoms with van der Waals surface area (Å²) in [5.74, 6) is 1.31. The first-order valence-electron chi connectivity index (χ1n) is 5.64. The van der Waals surface area contributed by atoms with Crippen molar-refractivity contribution in [3.05, 3.63) is 23.2 Å². The van der Waals surface area contributed by atoms with Crippen LogP contribution in [0.25, 0.3) is 0 Å². The Labute approximate surface area is 89.4 Å². The average Bonchev–Trinajstić information content (AvgIpc) is 2.62. The Morgan fingerprint density at radius 3 is 3.07 bits per heavy atom. The predicted octanol–water partition coefficient (Wildman–Crippen LogP) is 2.70. The van der Waals surface area contributed by atoms with Gasteiger partial charge in [0.15, 0.2) is 0 Å². The lowest BCUT2D eigenvalue weighted by Gasteiger charge is -2.12. The van der Waals surface area contributed by atoms with Crippen molar-refractivity contribution < 1.29 is 14.2 Å². The highest BCUT2D eigenvalue weighted by atomic mass is 19.1. The quantitative estimate of drug-likeness (QED) is 0.726. The summed E-state index contributed by atoms with van der Waals surface area (Å²) in [6.45, 7) is 0.934. The molecular formula is C12H17FO2. The molecule has 0 bridgehead atoms. The number of aliphatic hydroxyl groups is 1. The predicted molar refractivity (Wildman–Crippen MR) is 55.8 cm³/mol. The van der Waals surface area contributed by atoms with Crippen LogP contribution in [0.2, 0.25) is 0 Å². The molecule has 1 N–H and O–H groups in total. The van der Waals surface area contributed by atoms with E-state index < -0.39 is 0 Å². The number of unbranched alkanes of at least 4 members (excludes halogenated alkanes) is 1. The zero-order valence-corrected chi connectivity index (χ0v) is 8.84. The van der Waals surface area contributed by atoms with E-state index >= 15 is 0 Å². The van der Waals surface area contributed by atoms with Gasteiger partial charge in [0.2, 0.25) is 0 Å². The van der Waals surface area contributed by atoms with Crippen LogP contribution in [0.1, 0.15) is 32.1 Å². The highest BCUT2D eigenvalue weighted by Gasteiger charge is 2.28. The maximum Gasteiger partial charge on any atom is 0.101 e. The fourth-order valence-corrected chi connectivity index (χ4v) is 2.23. The Morgan fingerprint density at radius 1 is 1.40 bits per heavy atom. The van der Waals surface area contributed by atoms with E-state index in [0.29, 0.717) is 25.4 Å². The summed E-state index contributed by atoms with van der Waals surface area (Å²) in [4.78, 5) is 0. The van der Waals surface area contributed by atoms with E-state index in [-0.39, 0.29) is 12.4 Å². The Morgan fingerprint density at radius 2 is 2.27 bits per heavy atom. The molecule has 0 saturated heterocycles. The summed E-state index contributed by atoms with van der Waals surface area (Å²) in [6, 6.07) is 0. The minimum atomic E-state index is -0.0218. The molecule has 84 valence electrons. The molecule has 15 heavy (non-hydrogen) atoms. The van der Waals surface area contributed by atoms with Crippen molar-refractivity contribution in [2.45, 2.75) is 32.1 Å². The van der Waals surface area contributed by atoms with E-state index in [1.165, 1.54) is 0 Å². The van der Waals surface area contributed by atoms with Gasteiger partial charge in [-0.3, -0.25) is 0 Å². The van der Waals surface area contributed by atoms with Crippen LogP contribution < -0.4 is 0 Å². The summed E-state index contributed by atoms with van der Waals surface area (Å²) >= 11 is 0. The van der Waals surface area contributed by atoms with Crippen LogP contribution in [0.5, 0.6) is 0 Å². The highest BCUT2D eigenvalue weighted by Crippen LogP contribution is 2.37. The first-order valence-corrected chi connectivity index (χ1v) is 5.64. The van der Waals surface area contributed by atoms with E-state index in [0.717, 1.165) is 30.6 Å². The number of ether oxygens (including phenoxy) is 1. The Bertz CT molecular complexity index is 294. The molecule has 0 spiro atoms. The molecule has 2 aliphatic rings. The van der Waals surface area contributed by atoms with Gasteiger partial charge in [0.1, 0.15) is 11.6 Å². The first kappa shape index (κ1) is 10.7. The zero-order valence-electron chi connectivity index (χ0n) is 8.84. The fourth-order valence-electron chi connectivity index (χ4n) is 2.23. The smallest absolute Gasteiger partial charge is 0.101 e. The Hall–Kier alpha value is -0.830. The Kier molecular flexibility index (Phi) is 3.41. The average molecular weight is 212 g/mol. The monoisotopic (exact) mass is 212 g/mol. The van der Waals surface area contributed by atoms with Gasteiger partial charge < -0.3 is 9.84 Å². The van der Waals surface area contributed by atoms with Crippen molar-refractivity contribution in [1.82, 2.24) is 0 Å². The van der Waals surface area contributed by atoms with Crippen LogP contribution in [0.3, 0.4) is 0 Å². The lowest BCUT2D eigenvalue weighted by molar-refractivity contribution is 0.202. The van der Waals surface area contributed by atoms with E-state index in [9.17, 15) is 4.39 Å². The normalized spacial score (nSPS) is 24.9. The molecule has 0 aromatic rings. The second kappa shape index (κ2) is 4.79. The van der Waals surface area contributed by atoms with Crippen molar-refractivity contribution in [3.8, 4) is 0 Å². The highest BCUT2D eigenvalue weighted by molar-refractivity contribution is 5.33. The van der Waals surface area contributed by atoms with Gasteiger partial charge in [0, 0.05) is 25.4 Å². The van der Waals surface area contributed by atoms with Crippen molar-refractivity contribution in [1.29, 1.82) is 0 Å². The zero-order chi connectivity index (χ0) is 10.7. The SMILES string of the molecule is OCCCCC1COC2=C1C=C(F)CC2. The van der Waals surface area contributed by atoms with Gasteiger partial charge in [-0.2, -0.15) is 0 Å². The molecule has 0 aromatic carbocycles. The molecule has 2 nitrogen and oxygen atoms in total. The molecule has 1 aliphatic carbocycles. The second-order valence-corrected chi connectivity index (χ2v) is 4.20.